The van der Waals surface area contributed by atoms with Crippen molar-refractivity contribution < 1.29 is 22.7 Å². The van der Waals surface area contributed by atoms with Gasteiger partial charge in [-0.1, -0.05) is 29.9 Å². The number of halogens is 1. The quantitative estimate of drug-likeness (QED) is 0.260. The largest absolute Gasteiger partial charge is 0.495 e. The van der Waals surface area contributed by atoms with Crippen LogP contribution in [-0.2, 0) is 14.6 Å². The minimum atomic E-state index is -3.55. The van der Waals surface area contributed by atoms with Gasteiger partial charge >= 0.3 is 0 Å². The highest BCUT2D eigenvalue weighted by atomic mass is 35.5. The molecule has 2 heterocycles. The van der Waals surface area contributed by atoms with E-state index in [1.165, 1.54) is 27.2 Å². The van der Waals surface area contributed by atoms with Crippen molar-refractivity contribution in [3.05, 3.63) is 45.7 Å². The van der Waals surface area contributed by atoms with E-state index in [0.29, 0.717) is 27.8 Å². The maximum atomic E-state index is 12.7. The zero-order chi connectivity index (χ0) is 25.9. The number of methoxy groups -OCH3 is 2. The molecule has 0 saturated carbocycles. The van der Waals surface area contributed by atoms with Gasteiger partial charge in [0.2, 0.25) is 19.3 Å². The Labute approximate surface area is 211 Å². The van der Waals surface area contributed by atoms with Crippen molar-refractivity contribution in [1.82, 2.24) is 14.8 Å². The van der Waals surface area contributed by atoms with Crippen LogP contribution in [-0.4, -0.2) is 49.1 Å². The standard InChI is InChI=1S/C22H22ClN5O5S2/c1-6-35(30,31)22-27-26-21(34-22)25-20(29)15(11-24)8-14-7-12(2)28(13(14)3)17-9-16(23)18(32-4)10-19(17)33-5/h7-10H,6H2,1-5H3,(H,25,26,29)/b15-8-. The van der Waals surface area contributed by atoms with E-state index >= 15 is 0 Å². The molecule has 2 aromatic heterocycles. The van der Waals surface area contributed by atoms with Crippen LogP contribution in [0.5, 0.6) is 11.5 Å². The first-order valence-corrected chi connectivity index (χ1v) is 13.0. The molecule has 0 fully saturated rings. The number of benzene rings is 1. The summed E-state index contributed by atoms with van der Waals surface area (Å²) < 4.78 is 36.3. The van der Waals surface area contributed by atoms with Crippen LogP contribution in [0.3, 0.4) is 0 Å². The van der Waals surface area contributed by atoms with E-state index in [4.69, 9.17) is 21.1 Å². The van der Waals surface area contributed by atoms with Gasteiger partial charge in [-0.3, -0.25) is 10.1 Å². The van der Waals surface area contributed by atoms with E-state index in [1.807, 2.05) is 30.6 Å². The van der Waals surface area contributed by atoms with Gasteiger partial charge in [0.15, 0.2) is 0 Å². The fourth-order valence-electron chi connectivity index (χ4n) is 3.30. The summed E-state index contributed by atoms with van der Waals surface area (Å²) in [5, 5.41) is 19.7. The number of nitrogens with one attached hydrogen (secondary N) is 1. The van der Waals surface area contributed by atoms with Crippen LogP contribution in [0, 0.1) is 25.2 Å². The number of nitrogens with zero attached hydrogens (tertiary/aromatic N) is 4. The molecule has 0 aliphatic heterocycles. The first-order valence-electron chi connectivity index (χ1n) is 10.2. The molecule has 0 saturated heterocycles. The molecule has 3 aromatic rings. The Bertz CT molecular complexity index is 1470. The van der Waals surface area contributed by atoms with E-state index in [-0.39, 0.29) is 20.8 Å². The van der Waals surface area contributed by atoms with Crippen LogP contribution in [0.15, 0.2) is 28.1 Å². The number of sulfone groups is 1. The summed E-state index contributed by atoms with van der Waals surface area (Å²) in [4.78, 5) is 12.7. The molecule has 35 heavy (non-hydrogen) atoms. The topological polar surface area (TPSA) is 136 Å². The highest BCUT2D eigenvalue weighted by molar-refractivity contribution is 7.93. The molecule has 1 amide bonds. The summed E-state index contributed by atoms with van der Waals surface area (Å²) in [5.41, 5.74) is 2.63. The minimum Gasteiger partial charge on any atom is -0.495 e. The Morgan fingerprint density at radius 1 is 1.23 bits per heavy atom. The molecular weight excluding hydrogens is 514 g/mol. The zero-order valence-corrected chi connectivity index (χ0v) is 21.9. The molecule has 0 spiro atoms. The second-order valence-electron chi connectivity index (χ2n) is 7.22. The average Bonchev–Trinajstić information content (AvgIpc) is 3.41. The molecule has 1 aromatic carbocycles. The minimum absolute atomic E-state index is 0.0220. The predicted octanol–water partition coefficient (Wildman–Crippen LogP) is 3.96. The third kappa shape index (κ3) is 5.32. The Hall–Kier alpha value is -3.40. The zero-order valence-electron chi connectivity index (χ0n) is 19.5. The fourth-order valence-corrected chi connectivity index (χ4v) is 5.52. The highest BCUT2D eigenvalue weighted by Gasteiger charge is 2.21. The van der Waals surface area contributed by atoms with Crippen molar-refractivity contribution >= 4 is 49.9 Å². The average molecular weight is 536 g/mol. The molecule has 3 rings (SSSR count). The highest BCUT2D eigenvalue weighted by Crippen LogP contribution is 2.37. The number of amides is 1. The van der Waals surface area contributed by atoms with Crippen molar-refractivity contribution in [3.8, 4) is 23.3 Å². The summed E-state index contributed by atoms with van der Waals surface area (Å²) in [7, 11) is -0.510. The van der Waals surface area contributed by atoms with Crippen LogP contribution in [0.4, 0.5) is 5.13 Å². The number of hydrogen-bond donors (Lipinski definition) is 1. The Morgan fingerprint density at radius 3 is 2.51 bits per heavy atom. The monoisotopic (exact) mass is 535 g/mol. The molecule has 0 aliphatic carbocycles. The van der Waals surface area contributed by atoms with Crippen LogP contribution in [0.1, 0.15) is 23.9 Å². The summed E-state index contributed by atoms with van der Waals surface area (Å²) in [6.07, 6.45) is 1.44. The fraction of sp³-hybridized carbons (Fsp3) is 0.273. The maximum absolute atomic E-state index is 12.7. The van der Waals surface area contributed by atoms with Gasteiger partial charge in [-0.25, -0.2) is 8.42 Å². The predicted molar refractivity (Wildman–Crippen MR) is 133 cm³/mol. The van der Waals surface area contributed by atoms with Gasteiger partial charge in [0.25, 0.3) is 5.91 Å². The molecule has 184 valence electrons. The van der Waals surface area contributed by atoms with Crippen molar-refractivity contribution in [3.63, 3.8) is 0 Å². The van der Waals surface area contributed by atoms with Crippen molar-refractivity contribution in [1.29, 1.82) is 5.26 Å². The molecule has 0 atom stereocenters. The third-order valence-corrected chi connectivity index (χ3v) is 8.42. The first-order chi connectivity index (χ1) is 16.6. The summed E-state index contributed by atoms with van der Waals surface area (Å²) in [6.45, 7) is 5.18. The summed E-state index contributed by atoms with van der Waals surface area (Å²) in [6, 6.07) is 7.08. The molecule has 10 nitrogen and oxygen atoms in total. The van der Waals surface area contributed by atoms with Crippen molar-refractivity contribution in [2.75, 3.05) is 25.3 Å². The number of ether oxygens (including phenoxy) is 2. The number of carbonyl (C=O) groups is 1. The molecule has 0 radical (unpaired) electrons. The second kappa shape index (κ2) is 10.5. The van der Waals surface area contributed by atoms with Gasteiger partial charge in [-0.15, -0.1) is 10.2 Å². The van der Waals surface area contributed by atoms with E-state index in [9.17, 15) is 18.5 Å². The first kappa shape index (κ1) is 26.2. The van der Waals surface area contributed by atoms with E-state index in [2.05, 4.69) is 15.5 Å². The van der Waals surface area contributed by atoms with E-state index in [0.717, 1.165) is 22.7 Å². The molecule has 1 N–H and O–H groups in total. The molecular formula is C22H22ClN5O5S2. The second-order valence-corrected chi connectivity index (χ2v) is 11.1. The lowest BCUT2D eigenvalue weighted by molar-refractivity contribution is -0.112. The van der Waals surface area contributed by atoms with Gasteiger partial charge in [0.1, 0.15) is 23.1 Å². The van der Waals surface area contributed by atoms with Crippen LogP contribution in [0.25, 0.3) is 11.8 Å². The van der Waals surface area contributed by atoms with Crippen LogP contribution in [0.2, 0.25) is 5.02 Å². The number of nitriles is 1. The smallest absolute Gasteiger partial charge is 0.268 e. The van der Waals surface area contributed by atoms with Crippen LogP contribution < -0.4 is 14.8 Å². The van der Waals surface area contributed by atoms with E-state index < -0.39 is 15.7 Å². The normalized spacial score (nSPS) is 11.7. The lowest BCUT2D eigenvalue weighted by Crippen LogP contribution is -2.13. The maximum Gasteiger partial charge on any atom is 0.268 e. The number of hydrogen-bond acceptors (Lipinski definition) is 9. The van der Waals surface area contributed by atoms with E-state index in [1.54, 1.807) is 12.1 Å². The molecule has 0 unspecified atom stereocenters. The molecule has 0 aliphatic rings. The van der Waals surface area contributed by atoms with Gasteiger partial charge in [0.05, 0.1) is 30.7 Å². The lowest BCUT2D eigenvalue weighted by atomic mass is 10.1. The van der Waals surface area contributed by atoms with Crippen molar-refractivity contribution in [2.24, 2.45) is 0 Å². The summed E-state index contributed by atoms with van der Waals surface area (Å²) >= 11 is 7.06. The molecule has 0 bridgehead atoms. The van der Waals surface area contributed by atoms with Gasteiger partial charge in [0, 0.05) is 17.5 Å². The van der Waals surface area contributed by atoms with Gasteiger partial charge < -0.3 is 14.0 Å². The van der Waals surface area contributed by atoms with Gasteiger partial charge in [-0.2, -0.15) is 5.26 Å². The number of aryl methyl sites for hydroxylation is 1. The number of anilines is 1. The Morgan fingerprint density at radius 2 is 1.91 bits per heavy atom. The number of aromatic nitrogens is 3. The number of rotatable bonds is 8. The number of carbonyl (C=O) groups excluding carboxylic acids is 1. The summed E-state index contributed by atoms with van der Waals surface area (Å²) in [5.74, 6) is 0.110. The van der Waals surface area contributed by atoms with Crippen LogP contribution >= 0.6 is 22.9 Å². The SMILES string of the molecule is CCS(=O)(=O)c1nnc(NC(=O)/C(C#N)=C\c2cc(C)n(-c3cc(Cl)c(OC)cc3OC)c2C)s1. The molecule has 13 heteroatoms. The van der Waals surface area contributed by atoms with Gasteiger partial charge in [-0.05, 0) is 37.6 Å². The lowest BCUT2D eigenvalue weighted by Gasteiger charge is -2.16. The van der Waals surface area contributed by atoms with Crippen molar-refractivity contribution in [2.45, 2.75) is 25.1 Å². The third-order valence-electron chi connectivity index (χ3n) is 5.10. The Kier molecular flexibility index (Phi) is 7.84. The Balaban J connectivity index is 1.97.